The summed E-state index contributed by atoms with van der Waals surface area (Å²) in [7, 11) is 0. The molecule has 1 aliphatic rings. The van der Waals surface area contributed by atoms with E-state index in [-0.39, 0.29) is 29.6 Å². The third kappa shape index (κ3) is 3.71. The van der Waals surface area contributed by atoms with Gasteiger partial charge in [0.25, 0.3) is 0 Å². The fraction of sp³-hybridized carbons (Fsp3) is 0.286. The van der Waals surface area contributed by atoms with Crippen LogP contribution in [0.5, 0.6) is 0 Å². The zero-order chi connectivity index (χ0) is 19.0. The number of amides is 1. The van der Waals surface area contributed by atoms with Gasteiger partial charge in [-0.05, 0) is 72.9 Å². The maximum Gasteiger partial charge on any atom is 0.220 e. The van der Waals surface area contributed by atoms with E-state index in [4.69, 9.17) is 5.73 Å². The second-order valence-electron chi connectivity index (χ2n) is 7.17. The lowest BCUT2D eigenvalue weighted by Gasteiger charge is -2.32. The van der Waals surface area contributed by atoms with Crippen molar-refractivity contribution in [2.45, 2.75) is 37.8 Å². The molecule has 1 amide bonds. The van der Waals surface area contributed by atoms with Crippen LogP contribution in [0.1, 0.15) is 24.8 Å². The number of carbonyl (C=O) groups excluding carboxylic acids is 1. The molecule has 1 fully saturated rings. The molecule has 1 aliphatic carbocycles. The maximum atomic E-state index is 13.8. The second-order valence-corrected chi connectivity index (χ2v) is 7.17. The van der Waals surface area contributed by atoms with Gasteiger partial charge in [-0.25, -0.2) is 8.78 Å². The van der Waals surface area contributed by atoms with Crippen LogP contribution >= 0.6 is 0 Å². The zero-order valence-corrected chi connectivity index (χ0v) is 14.8. The molecular formula is C21H21F2N3O. The van der Waals surface area contributed by atoms with Gasteiger partial charge in [0.15, 0.2) is 0 Å². The van der Waals surface area contributed by atoms with Crippen LogP contribution < -0.4 is 11.1 Å². The Balaban J connectivity index is 1.61. The van der Waals surface area contributed by atoms with Gasteiger partial charge >= 0.3 is 0 Å². The molecule has 2 aromatic carbocycles. The molecule has 0 unspecified atom stereocenters. The van der Waals surface area contributed by atoms with E-state index >= 15 is 0 Å². The number of nitrogens with one attached hydrogen (secondary N) is 2. The van der Waals surface area contributed by atoms with Crippen molar-refractivity contribution in [1.82, 2.24) is 10.3 Å². The van der Waals surface area contributed by atoms with Crippen LogP contribution in [-0.2, 0) is 11.2 Å². The highest BCUT2D eigenvalue weighted by Gasteiger charge is 2.27. The van der Waals surface area contributed by atoms with Crippen LogP contribution in [0.25, 0.3) is 22.2 Å². The molecule has 4 N–H and O–H groups in total. The van der Waals surface area contributed by atoms with Crippen LogP contribution in [0.15, 0.2) is 42.5 Å². The standard InChI is InChI=1S/C21H21F2N3O/c22-13-3-1-12(2-4-13)21-17(18-9-14(23)5-7-19(18)26-21)6-8-20(27)25-16-10-15(24)11-16/h1-5,7,9,15-16,26H,6,8,10-11,24H2,(H,25,27)/t15-,16-. The van der Waals surface area contributed by atoms with Crippen molar-refractivity contribution in [3.63, 3.8) is 0 Å². The van der Waals surface area contributed by atoms with Crippen molar-refractivity contribution >= 4 is 16.8 Å². The SMILES string of the molecule is N[C@H]1C[C@H](NC(=O)CCc2c(-c3ccc(F)cc3)[nH]c3ccc(F)cc23)C1. The molecule has 0 aliphatic heterocycles. The summed E-state index contributed by atoms with van der Waals surface area (Å²) in [4.78, 5) is 15.5. The lowest BCUT2D eigenvalue weighted by molar-refractivity contribution is -0.122. The molecule has 140 valence electrons. The number of rotatable bonds is 5. The zero-order valence-electron chi connectivity index (χ0n) is 14.8. The van der Waals surface area contributed by atoms with E-state index in [1.807, 2.05) is 0 Å². The van der Waals surface area contributed by atoms with Gasteiger partial charge in [-0.2, -0.15) is 0 Å². The number of H-pyrrole nitrogens is 1. The Labute approximate surface area is 155 Å². The molecule has 0 spiro atoms. The van der Waals surface area contributed by atoms with Gasteiger partial charge < -0.3 is 16.0 Å². The molecule has 0 radical (unpaired) electrons. The molecule has 0 saturated heterocycles. The minimum Gasteiger partial charge on any atom is -0.354 e. The maximum absolute atomic E-state index is 13.8. The quantitative estimate of drug-likeness (QED) is 0.642. The van der Waals surface area contributed by atoms with Gasteiger partial charge in [0.05, 0.1) is 0 Å². The van der Waals surface area contributed by atoms with Gasteiger partial charge in [-0.1, -0.05) is 0 Å². The third-order valence-electron chi connectivity index (χ3n) is 5.14. The number of nitrogens with two attached hydrogens (primary N) is 1. The Bertz CT molecular complexity index is 975. The average Bonchev–Trinajstić information content (AvgIpc) is 2.97. The fourth-order valence-electron chi connectivity index (χ4n) is 3.66. The number of hydrogen-bond donors (Lipinski definition) is 3. The summed E-state index contributed by atoms with van der Waals surface area (Å²) in [6.07, 6.45) is 2.37. The van der Waals surface area contributed by atoms with Crippen LogP contribution in [0, 0.1) is 11.6 Å². The summed E-state index contributed by atoms with van der Waals surface area (Å²) in [6.45, 7) is 0. The van der Waals surface area contributed by atoms with Crippen LogP contribution in [0.2, 0.25) is 0 Å². The topological polar surface area (TPSA) is 70.9 Å². The minimum absolute atomic E-state index is 0.0392. The Hall–Kier alpha value is -2.73. The van der Waals surface area contributed by atoms with Crippen molar-refractivity contribution in [1.29, 1.82) is 0 Å². The van der Waals surface area contributed by atoms with E-state index in [0.717, 1.165) is 40.6 Å². The molecule has 1 heterocycles. The Morgan fingerprint density at radius 3 is 2.52 bits per heavy atom. The van der Waals surface area contributed by atoms with Gasteiger partial charge in [-0.3, -0.25) is 4.79 Å². The van der Waals surface area contributed by atoms with E-state index < -0.39 is 0 Å². The van der Waals surface area contributed by atoms with Crippen molar-refractivity contribution in [3.8, 4) is 11.3 Å². The van der Waals surface area contributed by atoms with Gasteiger partial charge in [-0.15, -0.1) is 0 Å². The number of aryl methyl sites for hydroxylation is 1. The molecule has 4 nitrogen and oxygen atoms in total. The number of fused-ring (bicyclic) bond motifs is 1. The van der Waals surface area contributed by atoms with Crippen molar-refractivity contribution in [2.24, 2.45) is 5.73 Å². The third-order valence-corrected chi connectivity index (χ3v) is 5.14. The normalized spacial score (nSPS) is 19.1. The lowest BCUT2D eigenvalue weighted by atomic mass is 9.87. The monoisotopic (exact) mass is 369 g/mol. The first kappa shape index (κ1) is 17.7. The van der Waals surface area contributed by atoms with Gasteiger partial charge in [0.2, 0.25) is 5.91 Å². The number of benzene rings is 2. The van der Waals surface area contributed by atoms with Crippen molar-refractivity contribution < 1.29 is 13.6 Å². The molecular weight excluding hydrogens is 348 g/mol. The number of hydrogen-bond acceptors (Lipinski definition) is 2. The Morgan fingerprint density at radius 1 is 1.11 bits per heavy atom. The first-order valence-corrected chi connectivity index (χ1v) is 9.10. The van der Waals surface area contributed by atoms with E-state index in [1.165, 1.54) is 24.3 Å². The highest BCUT2D eigenvalue weighted by Crippen LogP contribution is 2.32. The molecule has 6 heteroatoms. The molecule has 1 aromatic heterocycles. The van der Waals surface area contributed by atoms with Gasteiger partial charge in [0, 0.05) is 35.1 Å². The van der Waals surface area contributed by atoms with Crippen LogP contribution in [0.3, 0.4) is 0 Å². The summed E-state index contributed by atoms with van der Waals surface area (Å²) in [5, 5.41) is 3.73. The predicted molar refractivity (Wildman–Crippen MR) is 101 cm³/mol. The van der Waals surface area contributed by atoms with E-state index in [1.54, 1.807) is 18.2 Å². The average molecular weight is 369 g/mol. The van der Waals surface area contributed by atoms with E-state index in [2.05, 4.69) is 10.3 Å². The molecule has 0 bridgehead atoms. The molecule has 0 atom stereocenters. The fourth-order valence-corrected chi connectivity index (χ4v) is 3.66. The Kier molecular flexibility index (Phi) is 4.66. The highest BCUT2D eigenvalue weighted by molar-refractivity contribution is 5.91. The largest absolute Gasteiger partial charge is 0.354 e. The summed E-state index contributed by atoms with van der Waals surface area (Å²) in [5.41, 5.74) is 8.98. The number of aromatic amines is 1. The smallest absolute Gasteiger partial charge is 0.220 e. The van der Waals surface area contributed by atoms with Crippen LogP contribution in [0.4, 0.5) is 8.78 Å². The molecule has 27 heavy (non-hydrogen) atoms. The first-order valence-electron chi connectivity index (χ1n) is 9.10. The highest BCUT2D eigenvalue weighted by atomic mass is 19.1. The van der Waals surface area contributed by atoms with Gasteiger partial charge in [0.1, 0.15) is 11.6 Å². The number of aromatic nitrogens is 1. The second kappa shape index (κ2) is 7.12. The first-order chi connectivity index (χ1) is 13.0. The Morgan fingerprint density at radius 2 is 1.81 bits per heavy atom. The van der Waals surface area contributed by atoms with Crippen LogP contribution in [-0.4, -0.2) is 23.0 Å². The van der Waals surface area contributed by atoms with E-state index in [0.29, 0.717) is 12.8 Å². The predicted octanol–water partition coefficient (Wildman–Crippen LogP) is 3.65. The minimum atomic E-state index is -0.332. The molecule has 1 saturated carbocycles. The number of halogens is 2. The lowest BCUT2D eigenvalue weighted by Crippen LogP contribution is -2.50. The van der Waals surface area contributed by atoms with Crippen molar-refractivity contribution in [2.75, 3.05) is 0 Å². The number of carbonyl (C=O) groups is 1. The van der Waals surface area contributed by atoms with Crippen molar-refractivity contribution in [3.05, 3.63) is 59.7 Å². The summed E-state index contributed by atoms with van der Waals surface area (Å²) < 4.78 is 27.1. The summed E-state index contributed by atoms with van der Waals surface area (Å²) >= 11 is 0. The molecule has 3 aromatic rings. The summed E-state index contributed by atoms with van der Waals surface area (Å²) in [6, 6.07) is 11.0. The van der Waals surface area contributed by atoms with E-state index in [9.17, 15) is 13.6 Å². The summed E-state index contributed by atoms with van der Waals surface area (Å²) in [5.74, 6) is -0.690. The molecule has 4 rings (SSSR count).